The van der Waals surface area contributed by atoms with Gasteiger partial charge in [0.2, 0.25) is 5.91 Å². The Labute approximate surface area is 113 Å². The number of aryl methyl sites for hydroxylation is 2. The fourth-order valence-corrected chi connectivity index (χ4v) is 1.63. The summed E-state index contributed by atoms with van der Waals surface area (Å²) in [6.45, 7) is 6.21. The van der Waals surface area contributed by atoms with Gasteiger partial charge in [-0.05, 0) is 30.5 Å². The van der Waals surface area contributed by atoms with E-state index in [1.54, 1.807) is 6.92 Å². The molecule has 0 aliphatic carbocycles. The number of hydrogen-bond donors (Lipinski definition) is 3. The smallest absolute Gasteiger partial charge is 0.224 e. The minimum atomic E-state index is -0.186. The van der Waals surface area contributed by atoms with Crippen LogP contribution < -0.4 is 11.1 Å². The molecule has 0 aliphatic heterocycles. The second kappa shape index (κ2) is 6.78. The Morgan fingerprint density at radius 2 is 2.11 bits per heavy atom. The Morgan fingerprint density at radius 3 is 2.68 bits per heavy atom. The molecule has 1 rings (SSSR count). The number of rotatable bonds is 5. The van der Waals surface area contributed by atoms with Crippen LogP contribution in [0.15, 0.2) is 23.4 Å². The first-order valence-electron chi connectivity index (χ1n) is 6.24. The molecule has 104 valence electrons. The van der Waals surface area contributed by atoms with Crippen LogP contribution in [-0.2, 0) is 11.2 Å². The highest BCUT2D eigenvalue weighted by molar-refractivity contribution is 5.83. The summed E-state index contributed by atoms with van der Waals surface area (Å²) < 4.78 is 0. The largest absolute Gasteiger partial charge is 0.409 e. The summed E-state index contributed by atoms with van der Waals surface area (Å²) in [6, 6.07) is 5.98. The maximum Gasteiger partial charge on any atom is 0.224 e. The summed E-state index contributed by atoms with van der Waals surface area (Å²) in [4.78, 5) is 11.8. The lowest BCUT2D eigenvalue weighted by molar-refractivity contribution is -0.120. The number of amidine groups is 1. The first-order valence-corrected chi connectivity index (χ1v) is 6.24. The fraction of sp³-hybridized carbons (Fsp3) is 0.429. The van der Waals surface area contributed by atoms with Crippen LogP contribution in [0.2, 0.25) is 0 Å². The molecule has 1 aromatic carbocycles. The van der Waals surface area contributed by atoms with Crippen molar-refractivity contribution >= 4 is 11.7 Å². The number of amides is 1. The molecule has 0 aromatic heterocycles. The number of carbonyl (C=O) groups excluding carboxylic acids is 1. The van der Waals surface area contributed by atoms with Gasteiger partial charge in [0.05, 0.1) is 6.42 Å². The lowest BCUT2D eigenvalue weighted by atomic mass is 10.0. The minimum Gasteiger partial charge on any atom is -0.409 e. The molecule has 1 atom stereocenters. The molecule has 5 nitrogen and oxygen atoms in total. The van der Waals surface area contributed by atoms with Crippen molar-refractivity contribution in [2.45, 2.75) is 27.2 Å². The fourth-order valence-electron chi connectivity index (χ4n) is 1.63. The van der Waals surface area contributed by atoms with Gasteiger partial charge in [0.1, 0.15) is 5.84 Å². The van der Waals surface area contributed by atoms with E-state index < -0.39 is 0 Å². The predicted molar refractivity (Wildman–Crippen MR) is 75.2 cm³/mol. The highest BCUT2D eigenvalue weighted by Crippen LogP contribution is 2.10. The minimum absolute atomic E-state index is 0.0687. The Hall–Kier alpha value is -2.04. The number of benzene rings is 1. The number of hydrogen-bond acceptors (Lipinski definition) is 3. The van der Waals surface area contributed by atoms with E-state index in [1.165, 1.54) is 11.1 Å². The zero-order valence-electron chi connectivity index (χ0n) is 11.6. The van der Waals surface area contributed by atoms with Crippen LogP contribution >= 0.6 is 0 Å². The number of nitrogens with one attached hydrogen (secondary N) is 1. The Bertz CT molecular complexity index is 484. The van der Waals surface area contributed by atoms with E-state index in [2.05, 4.69) is 10.5 Å². The molecule has 0 spiro atoms. The van der Waals surface area contributed by atoms with Gasteiger partial charge in [-0.2, -0.15) is 0 Å². The number of nitrogens with two attached hydrogens (primary N) is 1. The summed E-state index contributed by atoms with van der Waals surface area (Å²) in [5.74, 6) is -0.138. The van der Waals surface area contributed by atoms with Gasteiger partial charge in [-0.25, -0.2) is 0 Å². The van der Waals surface area contributed by atoms with Gasteiger partial charge < -0.3 is 16.3 Å². The molecular formula is C14H21N3O2. The molecule has 0 saturated carbocycles. The molecule has 5 heteroatoms. The van der Waals surface area contributed by atoms with Crippen LogP contribution in [0, 0.1) is 19.8 Å². The van der Waals surface area contributed by atoms with Gasteiger partial charge in [0.25, 0.3) is 0 Å². The standard InChI is InChI=1S/C14H21N3O2/c1-9-4-5-12(6-10(9)2)7-13(18)16-8-11(3)14(15)17-19/h4-6,11,19H,7-8H2,1-3H3,(H2,15,17)(H,16,18). The third kappa shape index (κ3) is 4.62. The zero-order valence-corrected chi connectivity index (χ0v) is 11.6. The van der Waals surface area contributed by atoms with Crippen LogP contribution in [0.5, 0.6) is 0 Å². The highest BCUT2D eigenvalue weighted by atomic mass is 16.4. The Kier molecular flexibility index (Phi) is 5.36. The predicted octanol–water partition coefficient (Wildman–Crippen LogP) is 1.34. The van der Waals surface area contributed by atoms with Crippen LogP contribution in [0.3, 0.4) is 0 Å². The van der Waals surface area contributed by atoms with Crippen LogP contribution in [-0.4, -0.2) is 23.5 Å². The van der Waals surface area contributed by atoms with E-state index in [0.29, 0.717) is 13.0 Å². The van der Waals surface area contributed by atoms with Crippen molar-refractivity contribution in [3.63, 3.8) is 0 Å². The van der Waals surface area contributed by atoms with Crippen LogP contribution in [0.4, 0.5) is 0 Å². The third-order valence-electron chi connectivity index (χ3n) is 3.16. The SMILES string of the molecule is Cc1ccc(CC(=O)NCC(C)C(N)=NO)cc1C. The van der Waals surface area contributed by atoms with E-state index in [4.69, 9.17) is 10.9 Å². The Balaban J connectivity index is 2.49. The van der Waals surface area contributed by atoms with Gasteiger partial charge in [0.15, 0.2) is 0 Å². The van der Waals surface area contributed by atoms with E-state index >= 15 is 0 Å². The summed E-state index contributed by atoms with van der Waals surface area (Å²) >= 11 is 0. The molecule has 0 radical (unpaired) electrons. The average Bonchev–Trinajstić information content (AvgIpc) is 2.39. The first-order chi connectivity index (χ1) is 8.93. The second-order valence-electron chi connectivity index (χ2n) is 4.83. The van der Waals surface area contributed by atoms with Gasteiger partial charge >= 0.3 is 0 Å². The lowest BCUT2D eigenvalue weighted by Gasteiger charge is -2.11. The topological polar surface area (TPSA) is 87.7 Å². The third-order valence-corrected chi connectivity index (χ3v) is 3.16. The summed E-state index contributed by atoms with van der Waals surface area (Å²) in [5.41, 5.74) is 8.81. The normalized spacial score (nSPS) is 13.1. The molecule has 1 unspecified atom stereocenters. The number of nitrogens with zero attached hydrogens (tertiary/aromatic N) is 1. The van der Waals surface area contributed by atoms with Gasteiger partial charge in [-0.15, -0.1) is 0 Å². The van der Waals surface area contributed by atoms with Crippen molar-refractivity contribution in [2.24, 2.45) is 16.8 Å². The molecular weight excluding hydrogens is 242 g/mol. The van der Waals surface area contributed by atoms with Crippen molar-refractivity contribution in [3.8, 4) is 0 Å². The quantitative estimate of drug-likeness (QED) is 0.324. The molecule has 1 amide bonds. The maximum atomic E-state index is 11.8. The van der Waals surface area contributed by atoms with Crippen molar-refractivity contribution in [2.75, 3.05) is 6.54 Å². The summed E-state index contributed by atoms with van der Waals surface area (Å²) in [7, 11) is 0. The van der Waals surface area contributed by atoms with Gasteiger partial charge in [0, 0.05) is 12.5 Å². The monoisotopic (exact) mass is 263 g/mol. The number of oxime groups is 1. The van der Waals surface area contributed by atoms with Crippen molar-refractivity contribution in [1.29, 1.82) is 0 Å². The van der Waals surface area contributed by atoms with E-state index in [0.717, 1.165) is 5.56 Å². The first kappa shape index (κ1) is 15.0. The molecule has 0 bridgehead atoms. The van der Waals surface area contributed by atoms with E-state index in [-0.39, 0.29) is 17.7 Å². The molecule has 0 saturated heterocycles. The van der Waals surface area contributed by atoms with Crippen LogP contribution in [0.25, 0.3) is 0 Å². The summed E-state index contributed by atoms with van der Waals surface area (Å²) in [6.07, 6.45) is 0.337. The van der Waals surface area contributed by atoms with Gasteiger partial charge in [-0.1, -0.05) is 30.3 Å². The Morgan fingerprint density at radius 1 is 1.42 bits per heavy atom. The summed E-state index contributed by atoms with van der Waals surface area (Å²) in [5, 5.41) is 14.2. The van der Waals surface area contributed by atoms with Crippen molar-refractivity contribution in [1.82, 2.24) is 5.32 Å². The average molecular weight is 263 g/mol. The van der Waals surface area contributed by atoms with Crippen molar-refractivity contribution < 1.29 is 10.0 Å². The second-order valence-corrected chi connectivity index (χ2v) is 4.83. The maximum absolute atomic E-state index is 11.8. The van der Waals surface area contributed by atoms with Crippen molar-refractivity contribution in [3.05, 3.63) is 34.9 Å². The van der Waals surface area contributed by atoms with Gasteiger partial charge in [-0.3, -0.25) is 4.79 Å². The zero-order chi connectivity index (χ0) is 14.4. The number of carbonyl (C=O) groups is 1. The molecule has 0 fully saturated rings. The highest BCUT2D eigenvalue weighted by Gasteiger charge is 2.10. The van der Waals surface area contributed by atoms with Crippen LogP contribution in [0.1, 0.15) is 23.6 Å². The molecule has 0 aliphatic rings. The molecule has 19 heavy (non-hydrogen) atoms. The molecule has 0 heterocycles. The van der Waals surface area contributed by atoms with E-state index in [9.17, 15) is 4.79 Å². The lowest BCUT2D eigenvalue weighted by Crippen LogP contribution is -2.35. The van der Waals surface area contributed by atoms with E-state index in [1.807, 2.05) is 32.0 Å². The molecule has 4 N–H and O–H groups in total. The molecule has 1 aromatic rings.